The number of nitrogens with zero attached hydrogens (tertiary/aromatic N) is 1. The molecule has 0 amide bonds. The van der Waals surface area contributed by atoms with Crippen LogP contribution in [-0.4, -0.2) is 20.9 Å². The molecule has 0 saturated heterocycles. The number of phenols is 1. The lowest BCUT2D eigenvalue weighted by Gasteiger charge is -1.96. The van der Waals surface area contributed by atoms with Crippen LogP contribution in [0.1, 0.15) is 0 Å². The Labute approximate surface area is 78.6 Å². The third-order valence-electron chi connectivity index (χ3n) is 2.02. The van der Waals surface area contributed by atoms with Crippen molar-refractivity contribution in [2.75, 3.05) is 0 Å². The molecule has 5 nitrogen and oxygen atoms in total. The van der Waals surface area contributed by atoms with Crippen molar-refractivity contribution in [2.45, 2.75) is 6.54 Å². The van der Waals surface area contributed by atoms with Crippen LogP contribution in [0.3, 0.4) is 0 Å². The normalized spacial score (nSPS) is 10.6. The Morgan fingerprint density at radius 2 is 2.29 bits per heavy atom. The summed E-state index contributed by atoms with van der Waals surface area (Å²) in [5.74, 6) is 0.0659. The van der Waals surface area contributed by atoms with E-state index in [4.69, 9.17) is 0 Å². The van der Waals surface area contributed by atoms with Gasteiger partial charge in [-0.25, -0.2) is 4.79 Å². The summed E-state index contributed by atoms with van der Waals surface area (Å²) >= 11 is 0. The van der Waals surface area contributed by atoms with Gasteiger partial charge in [0.1, 0.15) is 12.0 Å². The molecule has 0 fully saturated rings. The Hall–Kier alpha value is -2.04. The molecular weight excluding hydrogens is 184 g/mol. The van der Waals surface area contributed by atoms with Gasteiger partial charge in [-0.3, -0.25) is 4.57 Å². The lowest BCUT2D eigenvalue weighted by atomic mass is 10.3. The van der Waals surface area contributed by atoms with Gasteiger partial charge in [0, 0.05) is 6.07 Å². The summed E-state index contributed by atoms with van der Waals surface area (Å²) in [7, 11) is 0. The molecule has 0 atom stereocenters. The van der Waals surface area contributed by atoms with Gasteiger partial charge in [0.2, 0.25) is 0 Å². The zero-order valence-corrected chi connectivity index (χ0v) is 7.23. The van der Waals surface area contributed by atoms with Gasteiger partial charge >= 0.3 is 5.69 Å². The molecule has 0 spiro atoms. The van der Waals surface area contributed by atoms with Crippen LogP contribution in [0, 0.1) is 0 Å². The van der Waals surface area contributed by atoms with E-state index >= 15 is 0 Å². The Kier molecular flexibility index (Phi) is 1.85. The zero-order valence-electron chi connectivity index (χ0n) is 7.23. The number of rotatable bonds is 2. The summed E-state index contributed by atoms with van der Waals surface area (Å²) in [6.45, 7) is -0.0116. The van der Waals surface area contributed by atoms with Crippen LogP contribution in [0.4, 0.5) is 0 Å². The monoisotopic (exact) mass is 192 g/mol. The topological polar surface area (TPSA) is 75.1 Å². The van der Waals surface area contributed by atoms with Crippen molar-refractivity contribution >= 4 is 17.3 Å². The Morgan fingerprint density at radius 1 is 1.50 bits per heavy atom. The van der Waals surface area contributed by atoms with Gasteiger partial charge in [-0.15, -0.1) is 0 Å². The number of benzene rings is 1. The van der Waals surface area contributed by atoms with Crippen LogP contribution in [0.15, 0.2) is 23.0 Å². The average Bonchev–Trinajstić information content (AvgIpc) is 2.45. The van der Waals surface area contributed by atoms with Gasteiger partial charge in [0.25, 0.3) is 0 Å². The molecule has 0 bridgehead atoms. The lowest BCUT2D eigenvalue weighted by Crippen LogP contribution is -2.17. The smallest absolute Gasteiger partial charge is 0.326 e. The molecule has 0 aliphatic heterocycles. The van der Waals surface area contributed by atoms with Gasteiger partial charge in [0.05, 0.1) is 17.6 Å². The van der Waals surface area contributed by atoms with Crippen molar-refractivity contribution in [1.82, 2.24) is 9.55 Å². The first-order chi connectivity index (χ1) is 6.72. The molecule has 2 rings (SSSR count). The minimum Gasteiger partial charge on any atom is -0.508 e. The van der Waals surface area contributed by atoms with E-state index in [1.165, 1.54) is 16.7 Å². The molecule has 0 unspecified atom stereocenters. The molecule has 1 heterocycles. The summed E-state index contributed by atoms with van der Waals surface area (Å²) in [5, 5.41) is 9.21. The highest BCUT2D eigenvalue weighted by molar-refractivity contribution is 5.77. The van der Waals surface area contributed by atoms with Crippen LogP contribution in [0.25, 0.3) is 11.0 Å². The van der Waals surface area contributed by atoms with E-state index in [9.17, 15) is 14.7 Å². The molecule has 0 aliphatic carbocycles. The number of aromatic nitrogens is 2. The van der Waals surface area contributed by atoms with Crippen LogP contribution in [0.5, 0.6) is 5.75 Å². The second kappa shape index (κ2) is 3.02. The SMILES string of the molecule is O=CCn1c(=O)[nH]c2ccc(O)cc21. The molecule has 14 heavy (non-hydrogen) atoms. The zero-order chi connectivity index (χ0) is 10.1. The number of hydrogen-bond acceptors (Lipinski definition) is 3. The van der Waals surface area contributed by atoms with Crippen LogP contribution < -0.4 is 5.69 Å². The molecule has 1 aromatic heterocycles. The van der Waals surface area contributed by atoms with Crippen molar-refractivity contribution in [1.29, 1.82) is 0 Å². The highest BCUT2D eigenvalue weighted by Crippen LogP contribution is 2.16. The van der Waals surface area contributed by atoms with Crippen molar-refractivity contribution in [3.63, 3.8) is 0 Å². The maximum Gasteiger partial charge on any atom is 0.326 e. The quantitative estimate of drug-likeness (QED) is 0.669. The molecule has 2 N–H and O–H groups in total. The maximum absolute atomic E-state index is 11.3. The Bertz CT molecular complexity index is 538. The summed E-state index contributed by atoms with van der Waals surface area (Å²) < 4.78 is 1.27. The van der Waals surface area contributed by atoms with Crippen LogP contribution in [0.2, 0.25) is 0 Å². The number of H-pyrrole nitrogens is 1. The van der Waals surface area contributed by atoms with E-state index in [1.807, 2.05) is 0 Å². The third kappa shape index (κ3) is 1.19. The summed E-state index contributed by atoms with van der Waals surface area (Å²) in [6.07, 6.45) is 0.638. The van der Waals surface area contributed by atoms with Gasteiger partial charge in [-0.05, 0) is 12.1 Å². The van der Waals surface area contributed by atoms with Crippen molar-refractivity contribution in [3.8, 4) is 5.75 Å². The predicted octanol–water partition coefficient (Wildman–Crippen LogP) is 0.234. The van der Waals surface area contributed by atoms with E-state index in [0.29, 0.717) is 17.3 Å². The van der Waals surface area contributed by atoms with E-state index in [0.717, 1.165) is 0 Å². The number of aromatic amines is 1. The first-order valence-electron chi connectivity index (χ1n) is 4.07. The average molecular weight is 192 g/mol. The van der Waals surface area contributed by atoms with Crippen molar-refractivity contribution in [3.05, 3.63) is 28.7 Å². The number of phenolic OH excluding ortho intramolecular Hbond substituents is 1. The number of carbonyl (C=O) groups excluding carboxylic acids is 1. The van der Waals surface area contributed by atoms with Gasteiger partial charge in [-0.2, -0.15) is 0 Å². The second-order valence-electron chi connectivity index (χ2n) is 2.91. The number of imidazole rings is 1. The molecule has 1 aromatic carbocycles. The fourth-order valence-corrected chi connectivity index (χ4v) is 1.40. The van der Waals surface area contributed by atoms with Crippen molar-refractivity contribution < 1.29 is 9.90 Å². The number of aromatic hydroxyl groups is 1. The van der Waals surface area contributed by atoms with Crippen molar-refractivity contribution in [2.24, 2.45) is 0 Å². The number of aldehydes is 1. The number of fused-ring (bicyclic) bond motifs is 1. The van der Waals surface area contributed by atoms with Gasteiger partial charge < -0.3 is 14.9 Å². The molecule has 72 valence electrons. The van der Waals surface area contributed by atoms with E-state index < -0.39 is 0 Å². The standard InChI is InChI=1S/C9H8N2O3/c12-4-3-11-8-5-6(13)1-2-7(8)10-9(11)14/h1-2,4-5,13H,3H2,(H,10,14). The summed E-state index contributed by atoms with van der Waals surface area (Å²) in [4.78, 5) is 24.2. The van der Waals surface area contributed by atoms with Crippen LogP contribution in [-0.2, 0) is 11.3 Å². The minimum absolute atomic E-state index is 0.0116. The van der Waals surface area contributed by atoms with E-state index in [2.05, 4.69) is 4.98 Å². The fraction of sp³-hybridized carbons (Fsp3) is 0.111. The Morgan fingerprint density at radius 3 is 3.00 bits per heavy atom. The largest absolute Gasteiger partial charge is 0.508 e. The second-order valence-corrected chi connectivity index (χ2v) is 2.91. The first kappa shape index (κ1) is 8.55. The summed E-state index contributed by atoms with van der Waals surface area (Å²) in [5.41, 5.74) is 0.787. The maximum atomic E-state index is 11.3. The summed E-state index contributed by atoms with van der Waals surface area (Å²) in [6, 6.07) is 4.51. The highest BCUT2D eigenvalue weighted by Gasteiger charge is 2.05. The van der Waals surface area contributed by atoms with Gasteiger partial charge in [-0.1, -0.05) is 0 Å². The predicted molar refractivity (Wildman–Crippen MR) is 50.3 cm³/mol. The molecule has 5 heteroatoms. The molecule has 0 aliphatic rings. The fourth-order valence-electron chi connectivity index (χ4n) is 1.40. The van der Waals surface area contributed by atoms with E-state index in [1.54, 1.807) is 6.07 Å². The molecule has 0 saturated carbocycles. The number of hydrogen-bond donors (Lipinski definition) is 2. The first-order valence-corrected chi connectivity index (χ1v) is 4.07. The van der Waals surface area contributed by atoms with E-state index in [-0.39, 0.29) is 18.0 Å². The number of carbonyl (C=O) groups is 1. The molecular formula is C9H8N2O3. The highest BCUT2D eigenvalue weighted by atomic mass is 16.3. The molecule has 2 aromatic rings. The van der Waals surface area contributed by atoms with Crippen LogP contribution >= 0.6 is 0 Å². The van der Waals surface area contributed by atoms with Gasteiger partial charge in [0.15, 0.2) is 0 Å². The third-order valence-corrected chi connectivity index (χ3v) is 2.02. The lowest BCUT2D eigenvalue weighted by molar-refractivity contribution is -0.108. The Balaban J connectivity index is 2.79. The number of nitrogens with one attached hydrogen (secondary N) is 1. The minimum atomic E-state index is -0.349. The molecule has 0 radical (unpaired) electrons.